The zero-order valence-electron chi connectivity index (χ0n) is 15.2. The van der Waals surface area contributed by atoms with Crippen molar-refractivity contribution in [3.05, 3.63) is 75.2 Å². The highest BCUT2D eigenvalue weighted by Gasteiger charge is 2.26. The van der Waals surface area contributed by atoms with Crippen molar-refractivity contribution in [3.63, 3.8) is 0 Å². The van der Waals surface area contributed by atoms with E-state index >= 15 is 0 Å². The second kappa shape index (κ2) is 8.73. The van der Waals surface area contributed by atoms with Crippen molar-refractivity contribution >= 4 is 57.2 Å². The van der Waals surface area contributed by atoms with E-state index in [2.05, 4.69) is 4.98 Å². The van der Waals surface area contributed by atoms with Gasteiger partial charge in [-0.15, -0.1) is 11.3 Å². The molecule has 0 saturated heterocycles. The number of aromatic nitrogens is 1. The Morgan fingerprint density at radius 1 is 1.04 bits per heavy atom. The van der Waals surface area contributed by atoms with Gasteiger partial charge in [-0.25, -0.2) is 4.98 Å². The predicted molar refractivity (Wildman–Crippen MR) is 114 cm³/mol. The van der Waals surface area contributed by atoms with Crippen molar-refractivity contribution < 1.29 is 9.59 Å². The first-order chi connectivity index (χ1) is 13.4. The summed E-state index contributed by atoms with van der Waals surface area (Å²) >= 11 is 13.4. The van der Waals surface area contributed by atoms with Gasteiger partial charge >= 0.3 is 0 Å². The average Bonchev–Trinajstić information content (AvgIpc) is 3.18. The van der Waals surface area contributed by atoms with Gasteiger partial charge in [0.2, 0.25) is 0 Å². The Hall–Kier alpha value is -2.41. The molecule has 0 atom stereocenters. The third kappa shape index (κ3) is 4.19. The normalized spacial score (nSPS) is 10.6. The number of halogens is 2. The van der Waals surface area contributed by atoms with Crippen molar-refractivity contribution in [3.8, 4) is 0 Å². The third-order valence-electron chi connectivity index (χ3n) is 4.12. The highest BCUT2D eigenvalue weighted by molar-refractivity contribution is 7.14. The summed E-state index contributed by atoms with van der Waals surface area (Å²) in [4.78, 5) is 33.1. The molecule has 0 aliphatic carbocycles. The molecule has 1 heterocycles. The summed E-state index contributed by atoms with van der Waals surface area (Å²) in [5.74, 6) is -0.545. The molecule has 2 amide bonds. The Balaban J connectivity index is 2.06. The number of benzene rings is 2. The topological polar surface area (TPSA) is 53.5 Å². The molecular formula is C20H17Cl2N3O2S. The summed E-state index contributed by atoms with van der Waals surface area (Å²) in [5, 5.41) is 2.91. The molecule has 0 N–H and O–H groups in total. The summed E-state index contributed by atoms with van der Waals surface area (Å²) in [5.41, 5.74) is 1.20. The molecule has 0 unspecified atom stereocenters. The molecule has 0 saturated carbocycles. The van der Waals surface area contributed by atoms with Crippen LogP contribution in [0.15, 0.2) is 53.9 Å². The molecule has 0 radical (unpaired) electrons. The molecule has 3 rings (SSSR count). The van der Waals surface area contributed by atoms with Gasteiger partial charge in [0.05, 0.1) is 16.3 Å². The van der Waals surface area contributed by atoms with Crippen LogP contribution in [0.5, 0.6) is 0 Å². The Bertz CT molecular complexity index is 1000. The molecule has 2 aromatic carbocycles. The fourth-order valence-electron chi connectivity index (χ4n) is 2.46. The molecule has 144 valence electrons. The lowest BCUT2D eigenvalue weighted by molar-refractivity contribution is 0.0797. The zero-order valence-corrected chi connectivity index (χ0v) is 17.6. The van der Waals surface area contributed by atoms with E-state index in [0.717, 1.165) is 0 Å². The lowest BCUT2D eigenvalue weighted by Crippen LogP contribution is -2.28. The highest BCUT2D eigenvalue weighted by atomic mass is 35.5. The number of thiazole rings is 1. The van der Waals surface area contributed by atoms with E-state index in [-0.39, 0.29) is 17.5 Å². The number of rotatable bonds is 5. The smallest absolute Gasteiger partial charge is 0.273 e. The van der Waals surface area contributed by atoms with Crippen molar-refractivity contribution in [1.82, 2.24) is 9.88 Å². The minimum absolute atomic E-state index is 0.203. The van der Waals surface area contributed by atoms with Crippen LogP contribution in [0.1, 0.15) is 27.8 Å². The second-order valence-electron chi connectivity index (χ2n) is 5.93. The van der Waals surface area contributed by atoms with Crippen molar-refractivity contribution in [2.24, 2.45) is 0 Å². The molecule has 5 nitrogen and oxygen atoms in total. The number of carbonyl (C=O) groups excluding carboxylic acids is 2. The van der Waals surface area contributed by atoms with Gasteiger partial charge < -0.3 is 4.90 Å². The first-order valence-electron chi connectivity index (χ1n) is 8.48. The Morgan fingerprint density at radius 3 is 2.36 bits per heavy atom. The van der Waals surface area contributed by atoms with Gasteiger partial charge in [0, 0.05) is 24.0 Å². The van der Waals surface area contributed by atoms with E-state index in [1.807, 2.05) is 6.92 Å². The molecule has 0 aliphatic heterocycles. The average molecular weight is 434 g/mol. The Kier molecular flexibility index (Phi) is 6.34. The molecule has 0 aliphatic rings. The van der Waals surface area contributed by atoms with Crippen LogP contribution < -0.4 is 4.90 Å². The van der Waals surface area contributed by atoms with Crippen LogP contribution in [-0.2, 0) is 0 Å². The van der Waals surface area contributed by atoms with Crippen molar-refractivity contribution in [2.45, 2.75) is 6.92 Å². The van der Waals surface area contributed by atoms with Crippen molar-refractivity contribution in [1.29, 1.82) is 0 Å². The van der Waals surface area contributed by atoms with Crippen LogP contribution in [0, 0.1) is 0 Å². The second-order valence-corrected chi connectivity index (χ2v) is 7.61. The third-order valence-corrected chi connectivity index (χ3v) is 5.52. The number of hydrogen-bond donors (Lipinski definition) is 0. The summed E-state index contributed by atoms with van der Waals surface area (Å²) < 4.78 is 0. The van der Waals surface area contributed by atoms with E-state index in [1.165, 1.54) is 16.2 Å². The zero-order chi connectivity index (χ0) is 20.3. The molecule has 0 fully saturated rings. The molecule has 0 spiro atoms. The van der Waals surface area contributed by atoms with Gasteiger partial charge in [-0.3, -0.25) is 14.5 Å². The van der Waals surface area contributed by atoms with Gasteiger partial charge in [-0.2, -0.15) is 0 Å². The maximum atomic E-state index is 13.3. The maximum absolute atomic E-state index is 13.3. The van der Waals surface area contributed by atoms with E-state index in [0.29, 0.717) is 33.0 Å². The van der Waals surface area contributed by atoms with Crippen LogP contribution in [0.25, 0.3) is 0 Å². The molecule has 3 aromatic rings. The standard InChI is InChI=1S/C20H17Cl2N3O2S/c1-3-24(2)19(27)17-12-28-20(23-17)25(14-10-8-13(21)9-11-14)18(26)15-6-4-5-7-16(15)22/h4-12H,3H2,1-2H3. The van der Waals surface area contributed by atoms with E-state index < -0.39 is 0 Å². The van der Waals surface area contributed by atoms with Gasteiger partial charge in [0.25, 0.3) is 11.8 Å². The van der Waals surface area contributed by atoms with Crippen molar-refractivity contribution in [2.75, 3.05) is 18.5 Å². The van der Waals surface area contributed by atoms with Crippen LogP contribution >= 0.6 is 34.5 Å². The first-order valence-corrected chi connectivity index (χ1v) is 10.1. The predicted octanol–water partition coefficient (Wildman–Crippen LogP) is 5.52. The Morgan fingerprint density at radius 2 is 1.71 bits per heavy atom. The number of nitrogens with zero attached hydrogens (tertiary/aromatic N) is 3. The molecular weight excluding hydrogens is 417 g/mol. The summed E-state index contributed by atoms with van der Waals surface area (Å²) in [7, 11) is 1.70. The van der Waals surface area contributed by atoms with Gasteiger partial charge in [0.1, 0.15) is 5.69 Å². The summed E-state index contributed by atoms with van der Waals surface area (Å²) in [6.45, 7) is 2.44. The molecule has 0 bridgehead atoms. The van der Waals surface area contributed by atoms with Gasteiger partial charge in [-0.05, 0) is 43.3 Å². The molecule has 28 heavy (non-hydrogen) atoms. The molecule has 8 heteroatoms. The van der Waals surface area contributed by atoms with Crippen LogP contribution in [0.4, 0.5) is 10.8 Å². The van der Waals surface area contributed by atoms with Crippen LogP contribution in [-0.4, -0.2) is 35.3 Å². The highest BCUT2D eigenvalue weighted by Crippen LogP contribution is 2.32. The quantitative estimate of drug-likeness (QED) is 0.531. The fraction of sp³-hybridized carbons (Fsp3) is 0.150. The Labute approximate surface area is 177 Å². The molecule has 1 aromatic heterocycles. The number of amides is 2. The van der Waals surface area contributed by atoms with Crippen LogP contribution in [0.2, 0.25) is 10.0 Å². The van der Waals surface area contributed by atoms with Crippen LogP contribution in [0.3, 0.4) is 0 Å². The van der Waals surface area contributed by atoms with E-state index in [9.17, 15) is 9.59 Å². The van der Waals surface area contributed by atoms with Gasteiger partial charge in [0.15, 0.2) is 5.13 Å². The lowest BCUT2D eigenvalue weighted by atomic mass is 10.2. The SMILES string of the molecule is CCN(C)C(=O)c1csc(N(C(=O)c2ccccc2Cl)c2ccc(Cl)cc2)n1. The largest absolute Gasteiger partial charge is 0.341 e. The monoisotopic (exact) mass is 433 g/mol. The minimum atomic E-state index is -0.342. The van der Waals surface area contributed by atoms with E-state index in [4.69, 9.17) is 23.2 Å². The lowest BCUT2D eigenvalue weighted by Gasteiger charge is -2.21. The number of anilines is 2. The summed E-state index contributed by atoms with van der Waals surface area (Å²) in [6.07, 6.45) is 0. The van der Waals surface area contributed by atoms with Gasteiger partial charge in [-0.1, -0.05) is 35.3 Å². The van der Waals surface area contributed by atoms with E-state index in [1.54, 1.807) is 65.9 Å². The summed E-state index contributed by atoms with van der Waals surface area (Å²) in [6, 6.07) is 13.6. The minimum Gasteiger partial charge on any atom is -0.341 e. The maximum Gasteiger partial charge on any atom is 0.273 e. The first kappa shape index (κ1) is 20.3. The fourth-order valence-corrected chi connectivity index (χ4v) is 3.62. The number of carbonyl (C=O) groups is 2. The number of hydrogen-bond acceptors (Lipinski definition) is 4.